The van der Waals surface area contributed by atoms with E-state index in [9.17, 15) is 9.90 Å². The molecule has 5 nitrogen and oxygen atoms in total. The van der Waals surface area contributed by atoms with Gasteiger partial charge in [-0.15, -0.1) is 0 Å². The molecule has 0 unspecified atom stereocenters. The Hall–Kier alpha value is -2.69. The zero-order valence-corrected chi connectivity index (χ0v) is 11.3. The lowest BCUT2D eigenvalue weighted by Gasteiger charge is -2.05. The molecule has 0 radical (unpaired) electrons. The molecule has 0 aliphatic rings. The minimum absolute atomic E-state index is 0.220. The summed E-state index contributed by atoms with van der Waals surface area (Å²) in [6, 6.07) is 6.53. The van der Waals surface area contributed by atoms with Gasteiger partial charge in [0.15, 0.2) is 0 Å². The van der Waals surface area contributed by atoms with E-state index in [2.05, 4.69) is 15.5 Å². The second-order valence-corrected chi connectivity index (χ2v) is 4.43. The van der Waals surface area contributed by atoms with Gasteiger partial charge in [0, 0.05) is 23.5 Å². The number of aryl methyl sites for hydroxylation is 2. The molecule has 1 aromatic heterocycles. The van der Waals surface area contributed by atoms with E-state index in [1.165, 1.54) is 0 Å². The first-order valence-electron chi connectivity index (χ1n) is 6.11. The Morgan fingerprint density at radius 2 is 1.85 bits per heavy atom. The predicted molar refractivity (Wildman–Crippen MR) is 76.9 cm³/mol. The smallest absolute Gasteiger partial charge is 0.271 e. The van der Waals surface area contributed by atoms with Crippen LogP contribution in [0, 0.1) is 13.8 Å². The first-order chi connectivity index (χ1) is 9.58. The summed E-state index contributed by atoms with van der Waals surface area (Å²) in [5.74, 6) is -0.0734. The molecule has 0 saturated carbocycles. The molecule has 5 heteroatoms. The van der Waals surface area contributed by atoms with Crippen molar-refractivity contribution in [3.63, 3.8) is 0 Å². The number of carbonyl (C=O) groups excluding carboxylic acids is 1. The van der Waals surface area contributed by atoms with Crippen LogP contribution in [-0.4, -0.2) is 22.2 Å². The topological polar surface area (TPSA) is 74.6 Å². The fourth-order valence-electron chi connectivity index (χ4n) is 1.88. The number of hydrogen-bond donors (Lipinski definition) is 2. The first-order valence-corrected chi connectivity index (χ1v) is 6.11. The van der Waals surface area contributed by atoms with Crippen LogP contribution in [-0.2, 0) is 0 Å². The summed E-state index contributed by atoms with van der Waals surface area (Å²) in [6.45, 7) is 3.75. The zero-order chi connectivity index (χ0) is 14.5. The SMILES string of the molecule is Cc1cc(O)cc(C)c1C=NNC(=O)c1ccncc1. The van der Waals surface area contributed by atoms with Gasteiger partial charge in [0.1, 0.15) is 5.75 Å². The summed E-state index contributed by atoms with van der Waals surface area (Å²) in [7, 11) is 0. The van der Waals surface area contributed by atoms with Crippen LogP contribution in [0.4, 0.5) is 0 Å². The molecular formula is C15H15N3O2. The molecule has 1 amide bonds. The van der Waals surface area contributed by atoms with Crippen LogP contribution in [0.3, 0.4) is 0 Å². The maximum Gasteiger partial charge on any atom is 0.271 e. The Kier molecular flexibility index (Phi) is 4.10. The van der Waals surface area contributed by atoms with Crippen LogP contribution in [0.5, 0.6) is 5.75 Å². The summed E-state index contributed by atoms with van der Waals surface area (Å²) < 4.78 is 0. The fraction of sp³-hybridized carbons (Fsp3) is 0.133. The van der Waals surface area contributed by atoms with Crippen molar-refractivity contribution >= 4 is 12.1 Å². The number of benzene rings is 1. The summed E-state index contributed by atoms with van der Waals surface area (Å²) in [5.41, 5.74) is 5.61. The quantitative estimate of drug-likeness (QED) is 0.662. The van der Waals surface area contributed by atoms with Crippen molar-refractivity contribution in [3.05, 3.63) is 58.9 Å². The van der Waals surface area contributed by atoms with E-state index in [1.54, 1.807) is 42.9 Å². The number of nitrogens with zero attached hydrogens (tertiary/aromatic N) is 2. The molecule has 20 heavy (non-hydrogen) atoms. The molecule has 0 aliphatic heterocycles. The molecule has 1 aromatic carbocycles. The number of aromatic nitrogens is 1. The molecule has 0 atom stereocenters. The van der Waals surface area contributed by atoms with Crippen molar-refractivity contribution in [1.82, 2.24) is 10.4 Å². The van der Waals surface area contributed by atoms with Gasteiger partial charge in [0.2, 0.25) is 0 Å². The average Bonchev–Trinajstić information content (AvgIpc) is 2.42. The Morgan fingerprint density at radius 3 is 2.45 bits per heavy atom. The standard InChI is InChI=1S/C15H15N3O2/c1-10-7-13(19)8-11(2)14(10)9-17-18-15(20)12-3-5-16-6-4-12/h3-9,19H,1-2H3,(H,18,20). The van der Waals surface area contributed by atoms with Crippen molar-refractivity contribution in [3.8, 4) is 5.75 Å². The number of amides is 1. The van der Waals surface area contributed by atoms with E-state index in [1.807, 2.05) is 13.8 Å². The number of hydrogen-bond acceptors (Lipinski definition) is 4. The third-order valence-electron chi connectivity index (χ3n) is 2.88. The lowest BCUT2D eigenvalue weighted by molar-refractivity contribution is 0.0955. The molecule has 0 spiro atoms. The van der Waals surface area contributed by atoms with Gasteiger partial charge in [0.25, 0.3) is 5.91 Å². The summed E-state index contributed by atoms with van der Waals surface area (Å²) in [4.78, 5) is 15.6. The molecule has 0 aliphatic carbocycles. The van der Waals surface area contributed by atoms with E-state index in [0.717, 1.165) is 16.7 Å². The summed E-state index contributed by atoms with van der Waals surface area (Å²) in [5, 5.41) is 13.4. The van der Waals surface area contributed by atoms with Crippen LogP contribution < -0.4 is 5.43 Å². The van der Waals surface area contributed by atoms with Gasteiger partial charge in [-0.1, -0.05) is 0 Å². The monoisotopic (exact) mass is 269 g/mol. The zero-order valence-electron chi connectivity index (χ0n) is 11.3. The van der Waals surface area contributed by atoms with Crippen molar-refractivity contribution < 1.29 is 9.90 Å². The second-order valence-electron chi connectivity index (χ2n) is 4.43. The van der Waals surface area contributed by atoms with E-state index in [4.69, 9.17) is 0 Å². The molecule has 1 heterocycles. The molecule has 0 saturated heterocycles. The first kappa shape index (κ1) is 13.7. The molecule has 2 N–H and O–H groups in total. The molecule has 102 valence electrons. The normalized spacial score (nSPS) is 10.7. The fourth-order valence-corrected chi connectivity index (χ4v) is 1.88. The number of phenolic OH excluding ortho intramolecular Hbond substituents is 1. The third-order valence-corrected chi connectivity index (χ3v) is 2.88. The molecule has 2 rings (SSSR count). The number of hydrazone groups is 1. The lowest BCUT2D eigenvalue weighted by atomic mass is 10.0. The largest absolute Gasteiger partial charge is 0.508 e. The number of pyridine rings is 1. The number of rotatable bonds is 3. The van der Waals surface area contributed by atoms with Crippen molar-refractivity contribution in [2.45, 2.75) is 13.8 Å². The van der Waals surface area contributed by atoms with Crippen molar-refractivity contribution in [2.24, 2.45) is 5.10 Å². The van der Waals surface area contributed by atoms with Gasteiger partial charge in [0.05, 0.1) is 6.21 Å². The van der Waals surface area contributed by atoms with E-state index < -0.39 is 0 Å². The average molecular weight is 269 g/mol. The molecular weight excluding hydrogens is 254 g/mol. The van der Waals surface area contributed by atoms with Gasteiger partial charge in [-0.2, -0.15) is 5.10 Å². The Balaban J connectivity index is 2.10. The van der Waals surface area contributed by atoms with Crippen LogP contribution in [0.2, 0.25) is 0 Å². The van der Waals surface area contributed by atoms with Crippen LogP contribution in [0.1, 0.15) is 27.0 Å². The lowest BCUT2D eigenvalue weighted by Crippen LogP contribution is -2.17. The van der Waals surface area contributed by atoms with Gasteiger partial charge in [-0.3, -0.25) is 9.78 Å². The Labute approximate surface area is 117 Å². The molecule has 2 aromatic rings. The number of nitrogens with one attached hydrogen (secondary N) is 1. The van der Waals surface area contributed by atoms with Crippen molar-refractivity contribution in [1.29, 1.82) is 0 Å². The maximum absolute atomic E-state index is 11.8. The highest BCUT2D eigenvalue weighted by Crippen LogP contribution is 2.18. The second kappa shape index (κ2) is 5.97. The van der Waals surface area contributed by atoms with Gasteiger partial charge in [-0.05, 0) is 49.2 Å². The third kappa shape index (κ3) is 3.20. The van der Waals surface area contributed by atoms with Crippen molar-refractivity contribution in [2.75, 3.05) is 0 Å². The molecule has 0 fully saturated rings. The minimum Gasteiger partial charge on any atom is -0.508 e. The van der Waals surface area contributed by atoms with Crippen LogP contribution in [0.15, 0.2) is 41.8 Å². The van der Waals surface area contributed by atoms with E-state index in [-0.39, 0.29) is 11.7 Å². The Bertz CT molecular complexity index is 628. The number of phenols is 1. The van der Waals surface area contributed by atoms with Crippen LogP contribution in [0.25, 0.3) is 0 Å². The van der Waals surface area contributed by atoms with Gasteiger partial charge >= 0.3 is 0 Å². The highest BCUT2D eigenvalue weighted by Gasteiger charge is 2.04. The van der Waals surface area contributed by atoms with Gasteiger partial charge < -0.3 is 5.11 Å². The molecule has 0 bridgehead atoms. The summed E-state index contributed by atoms with van der Waals surface area (Å²) in [6.07, 6.45) is 4.67. The maximum atomic E-state index is 11.8. The Morgan fingerprint density at radius 1 is 1.25 bits per heavy atom. The van der Waals surface area contributed by atoms with Crippen LogP contribution >= 0.6 is 0 Å². The summed E-state index contributed by atoms with van der Waals surface area (Å²) >= 11 is 0. The predicted octanol–water partition coefficient (Wildman–Crippen LogP) is 2.17. The number of carbonyl (C=O) groups is 1. The minimum atomic E-state index is -0.294. The van der Waals surface area contributed by atoms with Gasteiger partial charge in [-0.25, -0.2) is 5.43 Å². The number of aromatic hydroxyl groups is 1. The highest BCUT2D eigenvalue weighted by molar-refractivity contribution is 5.95. The van der Waals surface area contributed by atoms with E-state index in [0.29, 0.717) is 5.56 Å². The highest BCUT2D eigenvalue weighted by atomic mass is 16.3. The van der Waals surface area contributed by atoms with E-state index >= 15 is 0 Å².